The standard InChI is InChI=1S/C22H24N6O2/c1-2-3-6-12-27-17-9-5-4-8-16(17)22(20(27)30)10-14-26(15-22)19(29)18-24-21-23-11-7-13-28(21)25-18/h4-5,7-9,11,13H,2-3,6,10,12,14-15H2,1H3. The number of anilines is 1. The number of carbonyl (C=O) groups excluding carboxylic acids is 2. The van der Waals surface area contributed by atoms with Crippen LogP contribution in [0.2, 0.25) is 0 Å². The van der Waals surface area contributed by atoms with E-state index in [1.165, 1.54) is 4.52 Å². The Hall–Kier alpha value is -3.29. The van der Waals surface area contributed by atoms with Crippen LogP contribution in [0, 0.1) is 0 Å². The third-order valence-electron chi connectivity index (χ3n) is 6.21. The quantitative estimate of drug-likeness (QED) is 0.610. The molecular formula is C22H24N6O2. The molecule has 1 aromatic carbocycles. The van der Waals surface area contributed by atoms with Gasteiger partial charge in [0.05, 0.1) is 5.41 Å². The fourth-order valence-corrected chi connectivity index (χ4v) is 4.68. The van der Waals surface area contributed by atoms with Crippen LogP contribution in [0.15, 0.2) is 42.7 Å². The lowest BCUT2D eigenvalue weighted by Crippen LogP contribution is -2.43. The van der Waals surface area contributed by atoms with E-state index >= 15 is 0 Å². The molecule has 4 heterocycles. The SMILES string of the molecule is CCCCCN1C(=O)C2(CCN(C(=O)c3nc4ncccn4n3)C2)c2ccccc21. The van der Waals surface area contributed by atoms with Crippen LogP contribution in [-0.2, 0) is 10.2 Å². The van der Waals surface area contributed by atoms with Crippen molar-refractivity contribution in [2.24, 2.45) is 0 Å². The number of unbranched alkanes of at least 4 members (excludes halogenated alkanes) is 2. The van der Waals surface area contributed by atoms with Gasteiger partial charge < -0.3 is 9.80 Å². The largest absolute Gasteiger partial charge is 0.334 e. The van der Waals surface area contributed by atoms with Gasteiger partial charge in [0.2, 0.25) is 11.7 Å². The van der Waals surface area contributed by atoms with E-state index in [9.17, 15) is 9.59 Å². The van der Waals surface area contributed by atoms with E-state index < -0.39 is 5.41 Å². The average molecular weight is 404 g/mol. The van der Waals surface area contributed by atoms with Gasteiger partial charge in [-0.15, -0.1) is 5.10 Å². The van der Waals surface area contributed by atoms with Crippen molar-refractivity contribution < 1.29 is 9.59 Å². The van der Waals surface area contributed by atoms with Crippen molar-refractivity contribution >= 4 is 23.3 Å². The van der Waals surface area contributed by atoms with Gasteiger partial charge in [0, 0.05) is 37.7 Å². The molecule has 2 aliphatic heterocycles. The molecule has 0 N–H and O–H groups in total. The van der Waals surface area contributed by atoms with E-state index in [1.54, 1.807) is 23.4 Å². The van der Waals surface area contributed by atoms with Gasteiger partial charge in [-0.25, -0.2) is 9.50 Å². The van der Waals surface area contributed by atoms with Gasteiger partial charge in [-0.05, 0) is 30.5 Å². The number of likely N-dealkylation sites (tertiary alicyclic amines) is 1. The third kappa shape index (κ3) is 2.78. The molecule has 3 aromatic rings. The summed E-state index contributed by atoms with van der Waals surface area (Å²) in [5, 5.41) is 4.26. The molecule has 2 amide bonds. The Morgan fingerprint density at radius 2 is 2.07 bits per heavy atom. The average Bonchev–Trinajstić information content (AvgIpc) is 3.46. The molecule has 2 aliphatic rings. The van der Waals surface area contributed by atoms with Crippen LogP contribution < -0.4 is 4.90 Å². The van der Waals surface area contributed by atoms with Gasteiger partial charge in [0.25, 0.3) is 11.7 Å². The number of carbonyl (C=O) groups is 2. The maximum absolute atomic E-state index is 13.6. The zero-order valence-corrected chi connectivity index (χ0v) is 17.0. The first-order valence-electron chi connectivity index (χ1n) is 10.5. The Labute approximate surface area is 174 Å². The molecule has 5 rings (SSSR count). The molecule has 8 nitrogen and oxygen atoms in total. The Morgan fingerprint density at radius 3 is 2.90 bits per heavy atom. The third-order valence-corrected chi connectivity index (χ3v) is 6.21. The number of aromatic nitrogens is 4. The van der Waals surface area contributed by atoms with Gasteiger partial charge in [-0.2, -0.15) is 4.98 Å². The second-order valence-electron chi connectivity index (χ2n) is 8.04. The van der Waals surface area contributed by atoms with E-state index in [1.807, 2.05) is 29.2 Å². The monoisotopic (exact) mass is 404 g/mol. The topological polar surface area (TPSA) is 83.7 Å². The van der Waals surface area contributed by atoms with Gasteiger partial charge in [-0.3, -0.25) is 9.59 Å². The van der Waals surface area contributed by atoms with Crippen LogP contribution in [0.3, 0.4) is 0 Å². The zero-order valence-electron chi connectivity index (χ0n) is 17.0. The first-order chi connectivity index (χ1) is 14.6. The molecule has 0 radical (unpaired) electrons. The van der Waals surface area contributed by atoms with Crippen molar-refractivity contribution in [3.8, 4) is 0 Å². The predicted octanol–water partition coefficient (Wildman–Crippen LogP) is 2.45. The van der Waals surface area contributed by atoms with E-state index in [-0.39, 0.29) is 17.6 Å². The molecule has 8 heteroatoms. The predicted molar refractivity (Wildman–Crippen MR) is 111 cm³/mol. The number of nitrogens with zero attached hydrogens (tertiary/aromatic N) is 6. The van der Waals surface area contributed by atoms with Crippen LogP contribution >= 0.6 is 0 Å². The Morgan fingerprint density at radius 1 is 1.20 bits per heavy atom. The highest BCUT2D eigenvalue weighted by Crippen LogP contribution is 2.47. The summed E-state index contributed by atoms with van der Waals surface area (Å²) in [6.45, 7) is 3.74. The highest BCUT2D eigenvalue weighted by Gasteiger charge is 2.55. The molecule has 1 atom stereocenters. The second-order valence-corrected chi connectivity index (χ2v) is 8.04. The lowest BCUT2D eigenvalue weighted by molar-refractivity contribution is -0.122. The minimum absolute atomic E-state index is 0.111. The smallest absolute Gasteiger partial charge is 0.293 e. The van der Waals surface area contributed by atoms with E-state index in [0.717, 1.165) is 37.1 Å². The maximum Gasteiger partial charge on any atom is 0.293 e. The number of benzene rings is 1. The van der Waals surface area contributed by atoms with Crippen LogP contribution in [-0.4, -0.2) is 55.9 Å². The van der Waals surface area contributed by atoms with Crippen molar-refractivity contribution in [1.29, 1.82) is 0 Å². The molecular weight excluding hydrogens is 380 g/mol. The molecule has 1 fully saturated rings. The summed E-state index contributed by atoms with van der Waals surface area (Å²) < 4.78 is 1.49. The van der Waals surface area contributed by atoms with Crippen molar-refractivity contribution in [2.45, 2.75) is 38.0 Å². The van der Waals surface area contributed by atoms with Crippen molar-refractivity contribution in [1.82, 2.24) is 24.5 Å². The van der Waals surface area contributed by atoms with Crippen molar-refractivity contribution in [2.75, 3.05) is 24.5 Å². The van der Waals surface area contributed by atoms with Crippen LogP contribution in [0.5, 0.6) is 0 Å². The lowest BCUT2D eigenvalue weighted by Gasteiger charge is -2.24. The summed E-state index contributed by atoms with van der Waals surface area (Å²) in [5.74, 6) is 0.357. The summed E-state index contributed by atoms with van der Waals surface area (Å²) in [7, 11) is 0. The van der Waals surface area contributed by atoms with E-state index in [4.69, 9.17) is 0 Å². The number of rotatable bonds is 5. The summed E-state index contributed by atoms with van der Waals surface area (Å²) in [6.07, 6.45) is 7.12. The Bertz CT molecular complexity index is 1090. The molecule has 2 aromatic heterocycles. The molecule has 0 saturated carbocycles. The van der Waals surface area contributed by atoms with Crippen LogP contribution in [0.1, 0.15) is 48.8 Å². The van der Waals surface area contributed by atoms with Gasteiger partial charge in [0.1, 0.15) is 0 Å². The highest BCUT2D eigenvalue weighted by atomic mass is 16.2. The van der Waals surface area contributed by atoms with Crippen LogP contribution in [0.25, 0.3) is 5.78 Å². The van der Waals surface area contributed by atoms with Crippen molar-refractivity contribution in [3.63, 3.8) is 0 Å². The van der Waals surface area contributed by atoms with Gasteiger partial charge in [-0.1, -0.05) is 38.0 Å². The molecule has 154 valence electrons. The number of amides is 2. The molecule has 30 heavy (non-hydrogen) atoms. The minimum atomic E-state index is -0.671. The number of hydrogen-bond acceptors (Lipinski definition) is 5. The first kappa shape index (κ1) is 18.7. The molecule has 1 unspecified atom stereocenters. The molecule has 0 aliphatic carbocycles. The zero-order chi connectivity index (χ0) is 20.7. The van der Waals surface area contributed by atoms with E-state index in [0.29, 0.717) is 25.3 Å². The number of fused-ring (bicyclic) bond motifs is 3. The van der Waals surface area contributed by atoms with Gasteiger partial charge >= 0.3 is 0 Å². The second kappa shape index (κ2) is 7.19. The van der Waals surface area contributed by atoms with Crippen LogP contribution in [0.4, 0.5) is 5.69 Å². The molecule has 1 saturated heterocycles. The number of para-hydroxylation sites is 1. The fourth-order valence-electron chi connectivity index (χ4n) is 4.68. The van der Waals surface area contributed by atoms with E-state index in [2.05, 4.69) is 22.0 Å². The lowest BCUT2D eigenvalue weighted by atomic mass is 9.81. The molecule has 1 spiro atoms. The van der Waals surface area contributed by atoms with Crippen molar-refractivity contribution in [3.05, 3.63) is 54.1 Å². The van der Waals surface area contributed by atoms with Gasteiger partial charge in [0.15, 0.2) is 0 Å². The Kier molecular flexibility index (Phi) is 4.49. The summed E-state index contributed by atoms with van der Waals surface area (Å²) in [6, 6.07) is 9.75. The molecule has 0 bridgehead atoms. The Balaban J connectivity index is 1.43. The maximum atomic E-state index is 13.6. The normalized spacial score (nSPS) is 20.5. The minimum Gasteiger partial charge on any atom is -0.334 e. The number of hydrogen-bond donors (Lipinski definition) is 0. The first-order valence-corrected chi connectivity index (χ1v) is 10.5. The summed E-state index contributed by atoms with van der Waals surface area (Å²) in [4.78, 5) is 38.7. The summed E-state index contributed by atoms with van der Waals surface area (Å²) >= 11 is 0. The highest BCUT2D eigenvalue weighted by molar-refractivity contribution is 6.09. The fraction of sp³-hybridized carbons (Fsp3) is 0.409. The summed E-state index contributed by atoms with van der Waals surface area (Å²) in [5.41, 5.74) is 1.35.